The average molecular weight is 212 g/mol. The number of aromatic nitrogens is 2. The highest BCUT2D eigenvalue weighted by Gasteiger charge is 2.02. The molecule has 6 heteroatoms. The van der Waals surface area contributed by atoms with Crippen molar-refractivity contribution in [3.63, 3.8) is 0 Å². The molecule has 0 radical (unpaired) electrons. The van der Waals surface area contributed by atoms with Gasteiger partial charge in [0.15, 0.2) is 0 Å². The van der Waals surface area contributed by atoms with Gasteiger partial charge in [0.2, 0.25) is 5.95 Å². The van der Waals surface area contributed by atoms with E-state index < -0.39 is 6.10 Å². The van der Waals surface area contributed by atoms with Gasteiger partial charge in [0, 0.05) is 19.3 Å². The Morgan fingerprint density at radius 1 is 1.47 bits per heavy atom. The van der Waals surface area contributed by atoms with E-state index in [4.69, 9.17) is 10.2 Å². The third kappa shape index (κ3) is 4.09. The Morgan fingerprint density at radius 3 is 2.93 bits per heavy atom. The van der Waals surface area contributed by atoms with E-state index in [2.05, 4.69) is 20.6 Å². The monoisotopic (exact) mass is 212 g/mol. The van der Waals surface area contributed by atoms with Gasteiger partial charge >= 0.3 is 0 Å². The lowest BCUT2D eigenvalue weighted by atomic mass is 10.4. The summed E-state index contributed by atoms with van der Waals surface area (Å²) in [6, 6.07) is 1.70. The maximum atomic E-state index is 9.12. The SMILES string of the molecule is CCNc1nccc(NCC(O)CO)n1. The molecule has 0 aromatic carbocycles. The first-order valence-electron chi connectivity index (χ1n) is 4.86. The van der Waals surface area contributed by atoms with Crippen molar-refractivity contribution in [3.05, 3.63) is 12.3 Å². The average Bonchev–Trinajstić information content (AvgIpc) is 2.27. The molecule has 0 aliphatic rings. The quantitative estimate of drug-likeness (QED) is 0.516. The molecule has 1 aromatic rings. The number of aliphatic hydroxyl groups excluding tert-OH is 2. The first-order chi connectivity index (χ1) is 7.26. The molecule has 4 N–H and O–H groups in total. The maximum Gasteiger partial charge on any atom is 0.224 e. The molecule has 84 valence electrons. The molecule has 1 rings (SSSR count). The minimum absolute atomic E-state index is 0.263. The van der Waals surface area contributed by atoms with Crippen molar-refractivity contribution in [3.8, 4) is 0 Å². The minimum Gasteiger partial charge on any atom is -0.394 e. The van der Waals surface area contributed by atoms with Gasteiger partial charge in [-0.2, -0.15) is 4.98 Å². The minimum atomic E-state index is -0.775. The predicted octanol–water partition coefficient (Wildman–Crippen LogP) is -0.327. The van der Waals surface area contributed by atoms with Gasteiger partial charge in [0.05, 0.1) is 12.7 Å². The lowest BCUT2D eigenvalue weighted by molar-refractivity contribution is 0.105. The van der Waals surface area contributed by atoms with Crippen molar-refractivity contribution in [2.24, 2.45) is 0 Å². The van der Waals surface area contributed by atoms with Gasteiger partial charge in [0.1, 0.15) is 5.82 Å². The summed E-state index contributed by atoms with van der Waals surface area (Å²) in [6.07, 6.45) is 0.848. The molecule has 0 saturated carbocycles. The first kappa shape index (κ1) is 11.7. The lowest BCUT2D eigenvalue weighted by Crippen LogP contribution is -2.23. The summed E-state index contributed by atoms with van der Waals surface area (Å²) in [5.41, 5.74) is 0. The highest BCUT2D eigenvalue weighted by molar-refractivity contribution is 5.39. The summed E-state index contributed by atoms with van der Waals surface area (Å²) in [5, 5.41) is 23.6. The summed E-state index contributed by atoms with van der Waals surface area (Å²) >= 11 is 0. The number of nitrogens with one attached hydrogen (secondary N) is 2. The summed E-state index contributed by atoms with van der Waals surface area (Å²) < 4.78 is 0. The Morgan fingerprint density at radius 2 is 2.27 bits per heavy atom. The van der Waals surface area contributed by atoms with Crippen LogP contribution in [0.25, 0.3) is 0 Å². The molecule has 15 heavy (non-hydrogen) atoms. The van der Waals surface area contributed by atoms with Gasteiger partial charge in [-0.15, -0.1) is 0 Å². The van der Waals surface area contributed by atoms with Crippen LogP contribution in [0.4, 0.5) is 11.8 Å². The highest BCUT2D eigenvalue weighted by Crippen LogP contribution is 2.04. The van der Waals surface area contributed by atoms with E-state index in [0.717, 1.165) is 6.54 Å². The fraction of sp³-hybridized carbons (Fsp3) is 0.556. The second kappa shape index (κ2) is 6.15. The zero-order valence-corrected chi connectivity index (χ0v) is 8.64. The largest absolute Gasteiger partial charge is 0.394 e. The smallest absolute Gasteiger partial charge is 0.224 e. The van der Waals surface area contributed by atoms with Crippen molar-refractivity contribution >= 4 is 11.8 Å². The summed E-state index contributed by atoms with van der Waals surface area (Å²) in [5.74, 6) is 1.16. The van der Waals surface area contributed by atoms with Gasteiger partial charge in [-0.1, -0.05) is 0 Å². The van der Waals surface area contributed by atoms with Crippen molar-refractivity contribution in [1.29, 1.82) is 0 Å². The third-order valence-corrected chi connectivity index (χ3v) is 1.72. The molecule has 0 aliphatic carbocycles. The van der Waals surface area contributed by atoms with Crippen LogP contribution in [-0.4, -0.2) is 46.0 Å². The van der Waals surface area contributed by atoms with Gasteiger partial charge in [-0.3, -0.25) is 0 Å². The molecule has 0 fully saturated rings. The molecule has 0 saturated heterocycles. The topological polar surface area (TPSA) is 90.3 Å². The molecular formula is C9H16N4O2. The Kier molecular flexibility index (Phi) is 4.79. The van der Waals surface area contributed by atoms with Crippen LogP contribution >= 0.6 is 0 Å². The van der Waals surface area contributed by atoms with E-state index in [1.165, 1.54) is 0 Å². The van der Waals surface area contributed by atoms with E-state index in [1.807, 2.05) is 6.92 Å². The number of hydrogen-bond donors (Lipinski definition) is 4. The number of aliphatic hydroxyl groups is 2. The zero-order valence-electron chi connectivity index (χ0n) is 8.64. The number of hydrogen-bond acceptors (Lipinski definition) is 6. The van der Waals surface area contributed by atoms with Crippen LogP contribution < -0.4 is 10.6 Å². The number of anilines is 2. The van der Waals surface area contributed by atoms with E-state index in [1.54, 1.807) is 12.3 Å². The molecule has 0 bridgehead atoms. The third-order valence-electron chi connectivity index (χ3n) is 1.72. The van der Waals surface area contributed by atoms with Crippen LogP contribution in [0.2, 0.25) is 0 Å². The Bertz CT molecular complexity index is 295. The van der Waals surface area contributed by atoms with Crippen molar-refractivity contribution in [2.45, 2.75) is 13.0 Å². The summed E-state index contributed by atoms with van der Waals surface area (Å²) in [7, 11) is 0. The Labute approximate surface area is 88.4 Å². The zero-order chi connectivity index (χ0) is 11.1. The molecule has 1 aromatic heterocycles. The predicted molar refractivity (Wildman–Crippen MR) is 57.8 cm³/mol. The molecule has 0 amide bonds. The van der Waals surface area contributed by atoms with E-state index in [-0.39, 0.29) is 13.2 Å². The second-order valence-electron chi connectivity index (χ2n) is 3.01. The van der Waals surface area contributed by atoms with E-state index in [9.17, 15) is 0 Å². The highest BCUT2D eigenvalue weighted by atomic mass is 16.3. The van der Waals surface area contributed by atoms with Crippen molar-refractivity contribution < 1.29 is 10.2 Å². The van der Waals surface area contributed by atoms with Crippen LogP contribution in [0.15, 0.2) is 12.3 Å². The van der Waals surface area contributed by atoms with Crippen LogP contribution in [0.1, 0.15) is 6.92 Å². The van der Waals surface area contributed by atoms with Gasteiger partial charge < -0.3 is 20.8 Å². The summed E-state index contributed by atoms with van der Waals surface area (Å²) in [4.78, 5) is 8.14. The van der Waals surface area contributed by atoms with Gasteiger partial charge in [0.25, 0.3) is 0 Å². The Balaban J connectivity index is 2.50. The van der Waals surface area contributed by atoms with Gasteiger partial charge in [-0.25, -0.2) is 4.98 Å². The fourth-order valence-corrected chi connectivity index (χ4v) is 0.987. The van der Waals surface area contributed by atoms with E-state index in [0.29, 0.717) is 11.8 Å². The van der Waals surface area contributed by atoms with E-state index >= 15 is 0 Å². The standard InChI is InChI=1S/C9H16N4O2/c1-2-10-9-11-4-3-8(13-9)12-5-7(15)6-14/h3-4,7,14-15H,2,5-6H2,1H3,(H2,10,11,12,13). The van der Waals surface area contributed by atoms with Crippen LogP contribution in [0.5, 0.6) is 0 Å². The summed E-state index contributed by atoms with van der Waals surface area (Å²) in [6.45, 7) is 2.71. The molecule has 0 spiro atoms. The van der Waals surface area contributed by atoms with Crippen LogP contribution in [0.3, 0.4) is 0 Å². The molecule has 0 aliphatic heterocycles. The maximum absolute atomic E-state index is 9.12. The second-order valence-corrected chi connectivity index (χ2v) is 3.01. The van der Waals surface area contributed by atoms with Crippen LogP contribution in [-0.2, 0) is 0 Å². The van der Waals surface area contributed by atoms with Crippen molar-refractivity contribution in [2.75, 3.05) is 30.3 Å². The van der Waals surface area contributed by atoms with Gasteiger partial charge in [-0.05, 0) is 13.0 Å². The number of nitrogens with zero attached hydrogens (tertiary/aromatic N) is 2. The normalized spacial score (nSPS) is 12.2. The van der Waals surface area contributed by atoms with Crippen LogP contribution in [0, 0.1) is 0 Å². The fourth-order valence-electron chi connectivity index (χ4n) is 0.987. The lowest BCUT2D eigenvalue weighted by Gasteiger charge is -2.10. The molecular weight excluding hydrogens is 196 g/mol. The first-order valence-corrected chi connectivity index (χ1v) is 4.86. The number of rotatable bonds is 6. The Hall–Kier alpha value is -1.40. The molecule has 6 nitrogen and oxygen atoms in total. The molecule has 1 unspecified atom stereocenters. The molecule has 1 atom stereocenters. The van der Waals surface area contributed by atoms with Crippen molar-refractivity contribution in [1.82, 2.24) is 9.97 Å². The molecule has 1 heterocycles.